The lowest BCUT2D eigenvalue weighted by Crippen LogP contribution is -2.37. The van der Waals surface area contributed by atoms with E-state index in [9.17, 15) is 18.8 Å². The summed E-state index contributed by atoms with van der Waals surface area (Å²) in [5, 5.41) is 2.77. The summed E-state index contributed by atoms with van der Waals surface area (Å²) < 4.78 is 19.2. The van der Waals surface area contributed by atoms with Crippen molar-refractivity contribution in [2.45, 2.75) is 32.9 Å². The average molecular weight is 476 g/mol. The van der Waals surface area contributed by atoms with E-state index < -0.39 is 29.7 Å². The molecule has 0 saturated carbocycles. The van der Waals surface area contributed by atoms with E-state index in [4.69, 9.17) is 4.74 Å². The Morgan fingerprint density at radius 1 is 1.03 bits per heavy atom. The first-order valence-electron chi connectivity index (χ1n) is 11.3. The highest BCUT2D eigenvalue weighted by Crippen LogP contribution is 2.29. The number of amides is 4. The van der Waals surface area contributed by atoms with Crippen LogP contribution >= 0.6 is 0 Å². The van der Waals surface area contributed by atoms with Gasteiger partial charge in [-0.3, -0.25) is 9.59 Å². The lowest BCUT2D eigenvalue weighted by molar-refractivity contribution is -0.124. The van der Waals surface area contributed by atoms with Gasteiger partial charge in [0.15, 0.2) is 0 Å². The van der Waals surface area contributed by atoms with E-state index in [-0.39, 0.29) is 13.0 Å². The number of carbonyl (C=O) groups is 3. The van der Waals surface area contributed by atoms with E-state index in [1.54, 1.807) is 60.7 Å². The molecule has 0 aromatic heterocycles. The van der Waals surface area contributed by atoms with Crippen molar-refractivity contribution in [2.24, 2.45) is 0 Å². The van der Waals surface area contributed by atoms with Gasteiger partial charge in [0.05, 0.1) is 18.7 Å². The summed E-state index contributed by atoms with van der Waals surface area (Å²) in [5.74, 6) is -0.690. The number of hydrogen-bond acceptors (Lipinski definition) is 4. The molecule has 4 rings (SSSR count). The lowest BCUT2D eigenvalue weighted by atomic mass is 10.1. The molecule has 0 radical (unpaired) electrons. The number of urea groups is 1. The number of nitrogens with zero attached hydrogens (tertiary/aromatic N) is 2. The van der Waals surface area contributed by atoms with Gasteiger partial charge in [0.2, 0.25) is 5.91 Å². The number of carbonyl (C=O) groups excluding carboxylic acids is 3. The van der Waals surface area contributed by atoms with Crippen LogP contribution in [0.15, 0.2) is 72.8 Å². The van der Waals surface area contributed by atoms with Crippen LogP contribution in [0, 0.1) is 12.7 Å². The Labute approximate surface area is 203 Å². The molecule has 0 spiro atoms. The Kier molecular flexibility index (Phi) is 7.10. The normalized spacial score (nSPS) is 15.5. The average Bonchev–Trinajstić information content (AvgIpc) is 3.05. The number of rotatable bonds is 8. The molecule has 1 fully saturated rings. The zero-order chi connectivity index (χ0) is 24.9. The number of hydrogen-bond donors (Lipinski definition) is 1. The maximum atomic E-state index is 13.8. The first kappa shape index (κ1) is 23.9. The molecule has 0 unspecified atom stereocenters. The quantitative estimate of drug-likeness (QED) is 0.470. The molecule has 3 aromatic carbocycles. The summed E-state index contributed by atoms with van der Waals surface area (Å²) >= 11 is 0. The molecule has 3 aromatic rings. The maximum absolute atomic E-state index is 13.8. The van der Waals surface area contributed by atoms with Crippen molar-refractivity contribution in [1.82, 2.24) is 4.90 Å². The highest BCUT2D eigenvalue weighted by molar-refractivity contribution is 6.22. The summed E-state index contributed by atoms with van der Waals surface area (Å²) in [5.41, 5.74) is 2.47. The van der Waals surface area contributed by atoms with Crippen molar-refractivity contribution in [3.63, 3.8) is 0 Å². The molecule has 8 heteroatoms. The molecule has 1 atom stereocenters. The topological polar surface area (TPSA) is 79.0 Å². The lowest BCUT2D eigenvalue weighted by Gasteiger charge is -2.21. The Morgan fingerprint density at radius 2 is 1.74 bits per heavy atom. The molecule has 180 valence electrons. The van der Waals surface area contributed by atoms with Gasteiger partial charge in [-0.25, -0.2) is 14.1 Å². The highest BCUT2D eigenvalue weighted by Gasteiger charge is 2.46. The van der Waals surface area contributed by atoms with Crippen LogP contribution in [-0.4, -0.2) is 35.4 Å². The van der Waals surface area contributed by atoms with Crippen molar-refractivity contribution in [3.05, 3.63) is 89.7 Å². The third kappa shape index (κ3) is 5.48. The third-order valence-corrected chi connectivity index (χ3v) is 5.68. The predicted molar refractivity (Wildman–Crippen MR) is 131 cm³/mol. The van der Waals surface area contributed by atoms with Crippen molar-refractivity contribution in [2.75, 3.05) is 16.8 Å². The number of ether oxygens (including phenoxy) is 1. The van der Waals surface area contributed by atoms with Gasteiger partial charge in [-0.15, -0.1) is 0 Å². The fourth-order valence-corrected chi connectivity index (χ4v) is 3.97. The smallest absolute Gasteiger partial charge is 0.332 e. The summed E-state index contributed by atoms with van der Waals surface area (Å²) in [7, 11) is 0. The Bertz CT molecular complexity index is 1230. The van der Waals surface area contributed by atoms with Crippen LogP contribution in [-0.2, 0) is 16.1 Å². The standard InChI is InChI=1S/C27H26FN3O4/c1-3-35-23-13-9-21(10-14-23)29-25(32)16-24-26(33)31(22-11-7-18(2)8-12-22)27(34)30(24)17-19-5-4-6-20(28)15-19/h4-15,24H,3,16-17H2,1-2H3,(H,29,32)/t24-/m0/s1. The number of anilines is 2. The molecule has 7 nitrogen and oxygen atoms in total. The van der Waals surface area contributed by atoms with E-state index in [0.29, 0.717) is 29.3 Å². The maximum Gasteiger partial charge on any atom is 0.332 e. The molecular formula is C27H26FN3O4. The van der Waals surface area contributed by atoms with Crippen LogP contribution < -0.4 is 15.0 Å². The predicted octanol–water partition coefficient (Wildman–Crippen LogP) is 4.90. The molecule has 1 heterocycles. The monoisotopic (exact) mass is 475 g/mol. The van der Waals surface area contributed by atoms with Gasteiger partial charge in [0, 0.05) is 12.2 Å². The second kappa shape index (κ2) is 10.4. The summed E-state index contributed by atoms with van der Waals surface area (Å²) in [4.78, 5) is 41.9. The van der Waals surface area contributed by atoms with E-state index in [2.05, 4.69) is 5.32 Å². The second-order valence-electron chi connectivity index (χ2n) is 8.28. The number of benzene rings is 3. The van der Waals surface area contributed by atoms with Gasteiger partial charge in [-0.1, -0.05) is 29.8 Å². The van der Waals surface area contributed by atoms with Crippen LogP contribution in [0.4, 0.5) is 20.6 Å². The Balaban J connectivity index is 1.56. The van der Waals surface area contributed by atoms with Gasteiger partial charge in [-0.2, -0.15) is 0 Å². The van der Waals surface area contributed by atoms with Gasteiger partial charge < -0.3 is 15.0 Å². The second-order valence-corrected chi connectivity index (χ2v) is 8.28. The van der Waals surface area contributed by atoms with Gasteiger partial charge in [0.25, 0.3) is 5.91 Å². The van der Waals surface area contributed by atoms with Crippen molar-refractivity contribution >= 4 is 29.2 Å². The summed E-state index contributed by atoms with van der Waals surface area (Å²) in [6, 6.07) is 18.1. The molecule has 4 amide bonds. The van der Waals surface area contributed by atoms with Crippen LogP contribution in [0.5, 0.6) is 5.75 Å². The van der Waals surface area contributed by atoms with Crippen molar-refractivity contribution in [1.29, 1.82) is 0 Å². The molecule has 1 aliphatic heterocycles. The van der Waals surface area contributed by atoms with Gasteiger partial charge in [-0.05, 0) is 67.9 Å². The molecule has 1 N–H and O–H groups in total. The summed E-state index contributed by atoms with van der Waals surface area (Å²) in [6.45, 7) is 4.31. The fourth-order valence-electron chi connectivity index (χ4n) is 3.97. The van der Waals surface area contributed by atoms with Gasteiger partial charge in [0.1, 0.15) is 17.6 Å². The minimum atomic E-state index is -1.03. The molecule has 1 saturated heterocycles. The summed E-state index contributed by atoms with van der Waals surface area (Å²) in [6.07, 6.45) is -0.241. The molecule has 1 aliphatic rings. The largest absolute Gasteiger partial charge is 0.494 e. The Hall–Kier alpha value is -4.20. The van der Waals surface area contributed by atoms with Crippen molar-refractivity contribution < 1.29 is 23.5 Å². The number of imide groups is 1. The first-order chi connectivity index (χ1) is 16.9. The van der Waals surface area contributed by atoms with Gasteiger partial charge >= 0.3 is 6.03 Å². The SMILES string of the molecule is CCOc1ccc(NC(=O)C[C@H]2C(=O)N(c3ccc(C)cc3)C(=O)N2Cc2cccc(F)c2)cc1. The molecule has 0 bridgehead atoms. The highest BCUT2D eigenvalue weighted by atomic mass is 19.1. The molecular weight excluding hydrogens is 449 g/mol. The number of halogens is 1. The van der Waals surface area contributed by atoms with Crippen LogP contribution in [0.3, 0.4) is 0 Å². The van der Waals surface area contributed by atoms with Crippen LogP contribution in [0.25, 0.3) is 0 Å². The third-order valence-electron chi connectivity index (χ3n) is 5.68. The van der Waals surface area contributed by atoms with Crippen LogP contribution in [0.2, 0.25) is 0 Å². The zero-order valence-electron chi connectivity index (χ0n) is 19.5. The van der Waals surface area contributed by atoms with E-state index in [1.165, 1.54) is 17.0 Å². The van der Waals surface area contributed by atoms with E-state index >= 15 is 0 Å². The van der Waals surface area contributed by atoms with Crippen LogP contribution in [0.1, 0.15) is 24.5 Å². The minimum absolute atomic E-state index is 0.00824. The molecule has 35 heavy (non-hydrogen) atoms. The molecule has 0 aliphatic carbocycles. The fraction of sp³-hybridized carbons (Fsp3) is 0.222. The van der Waals surface area contributed by atoms with E-state index in [0.717, 1.165) is 10.5 Å². The van der Waals surface area contributed by atoms with E-state index in [1.807, 2.05) is 13.8 Å². The number of aryl methyl sites for hydroxylation is 1. The Morgan fingerprint density at radius 3 is 2.40 bits per heavy atom. The first-order valence-corrected chi connectivity index (χ1v) is 11.3. The zero-order valence-corrected chi connectivity index (χ0v) is 19.5. The number of nitrogens with one attached hydrogen (secondary N) is 1. The minimum Gasteiger partial charge on any atom is -0.494 e. The van der Waals surface area contributed by atoms with Crippen molar-refractivity contribution in [3.8, 4) is 5.75 Å².